The first-order valence-corrected chi connectivity index (χ1v) is 7.50. The first-order valence-electron chi connectivity index (χ1n) is 7.50. The van der Waals surface area contributed by atoms with Gasteiger partial charge < -0.3 is 21.1 Å². The van der Waals surface area contributed by atoms with Gasteiger partial charge in [0.1, 0.15) is 5.75 Å². The molecule has 4 N–H and O–H groups in total. The van der Waals surface area contributed by atoms with E-state index in [2.05, 4.69) is 5.32 Å². The molecule has 0 unspecified atom stereocenters. The average Bonchev–Trinajstić information content (AvgIpc) is 2.50. The van der Waals surface area contributed by atoms with Crippen LogP contribution < -0.4 is 11.1 Å². The van der Waals surface area contributed by atoms with Crippen molar-refractivity contribution in [2.24, 2.45) is 11.7 Å². The molecule has 0 aliphatic carbocycles. The van der Waals surface area contributed by atoms with Crippen molar-refractivity contribution in [3.8, 4) is 5.75 Å². The van der Waals surface area contributed by atoms with Crippen LogP contribution in [0.1, 0.15) is 25.0 Å². The van der Waals surface area contributed by atoms with Crippen LogP contribution in [0.4, 0.5) is 0 Å². The first-order chi connectivity index (χ1) is 10.4. The highest BCUT2D eigenvalue weighted by atomic mass is 35.5. The molecule has 0 saturated heterocycles. The fourth-order valence-corrected chi connectivity index (χ4v) is 2.45. The summed E-state index contributed by atoms with van der Waals surface area (Å²) in [5, 5.41) is 12.1. The highest BCUT2D eigenvalue weighted by Crippen LogP contribution is 2.23. The molecule has 2 amide bonds. The number of nitrogens with two attached hydrogens (primary N) is 1. The van der Waals surface area contributed by atoms with Gasteiger partial charge in [0.25, 0.3) is 0 Å². The van der Waals surface area contributed by atoms with Gasteiger partial charge >= 0.3 is 0 Å². The Balaban J connectivity index is 0.00000264. The van der Waals surface area contributed by atoms with Gasteiger partial charge in [0.15, 0.2) is 0 Å². The summed E-state index contributed by atoms with van der Waals surface area (Å²) in [6.45, 7) is 4.74. The molecule has 1 aromatic carbocycles. The van der Waals surface area contributed by atoms with Gasteiger partial charge in [0.05, 0.1) is 12.6 Å². The Hall–Kier alpha value is -1.79. The van der Waals surface area contributed by atoms with Gasteiger partial charge in [-0.15, -0.1) is 12.4 Å². The van der Waals surface area contributed by atoms with Gasteiger partial charge in [0, 0.05) is 13.1 Å². The lowest BCUT2D eigenvalue weighted by molar-refractivity contribution is -0.134. The van der Waals surface area contributed by atoms with Crippen LogP contribution in [0, 0.1) is 5.92 Å². The minimum absolute atomic E-state index is 0. The lowest BCUT2D eigenvalue weighted by Gasteiger charge is -2.29. The Labute approximate surface area is 142 Å². The molecular weight excluding hydrogens is 318 g/mol. The van der Waals surface area contributed by atoms with Crippen LogP contribution in [0.15, 0.2) is 18.2 Å². The van der Waals surface area contributed by atoms with Crippen molar-refractivity contribution in [1.82, 2.24) is 10.2 Å². The number of rotatable bonds is 4. The van der Waals surface area contributed by atoms with Gasteiger partial charge in [-0.2, -0.15) is 0 Å². The highest BCUT2D eigenvalue weighted by molar-refractivity contribution is 5.87. The fourth-order valence-electron chi connectivity index (χ4n) is 2.45. The number of phenols is 1. The number of benzene rings is 1. The van der Waals surface area contributed by atoms with Gasteiger partial charge in [-0.25, -0.2) is 0 Å². The van der Waals surface area contributed by atoms with E-state index in [0.717, 1.165) is 17.5 Å². The molecule has 23 heavy (non-hydrogen) atoms. The third kappa shape index (κ3) is 4.84. The van der Waals surface area contributed by atoms with Gasteiger partial charge in [-0.3, -0.25) is 9.59 Å². The van der Waals surface area contributed by atoms with Crippen molar-refractivity contribution >= 4 is 24.2 Å². The van der Waals surface area contributed by atoms with Gasteiger partial charge in [0.2, 0.25) is 11.8 Å². The zero-order chi connectivity index (χ0) is 16.3. The quantitative estimate of drug-likeness (QED) is 0.754. The summed E-state index contributed by atoms with van der Waals surface area (Å²) in [5.74, 6) is -0.221. The smallest absolute Gasteiger partial charge is 0.242 e. The number of phenolic OH excluding ortho intramolecular Hbond substituents is 1. The molecule has 7 heteroatoms. The predicted molar refractivity (Wildman–Crippen MR) is 90.3 cm³/mol. The fraction of sp³-hybridized carbons (Fsp3) is 0.500. The maximum Gasteiger partial charge on any atom is 0.242 e. The summed E-state index contributed by atoms with van der Waals surface area (Å²) in [4.78, 5) is 25.7. The van der Waals surface area contributed by atoms with Gasteiger partial charge in [-0.1, -0.05) is 19.9 Å². The van der Waals surface area contributed by atoms with Crippen LogP contribution in [-0.4, -0.2) is 41.0 Å². The Kier molecular flexibility index (Phi) is 6.84. The number of halogens is 1. The standard InChI is InChI=1S/C16H23N3O3.ClH/c1-10(2)15(17)16(22)18-8-14(21)19-6-5-11-3-4-13(20)7-12(11)9-19;/h3-4,7,10,15,20H,5-6,8-9,17H2,1-2H3,(H,18,22);1H/t15-;/m0./s1. The molecule has 1 heterocycles. The first kappa shape index (κ1) is 19.3. The second kappa shape index (κ2) is 8.17. The molecule has 1 aromatic rings. The number of hydrogen-bond acceptors (Lipinski definition) is 4. The molecular formula is C16H24ClN3O3. The van der Waals surface area contributed by atoms with E-state index < -0.39 is 6.04 Å². The van der Waals surface area contributed by atoms with E-state index in [0.29, 0.717) is 13.1 Å². The van der Waals surface area contributed by atoms with E-state index in [1.165, 1.54) is 0 Å². The molecule has 0 aromatic heterocycles. The monoisotopic (exact) mass is 341 g/mol. The van der Waals surface area contributed by atoms with Crippen molar-refractivity contribution in [3.05, 3.63) is 29.3 Å². The number of fused-ring (bicyclic) bond motifs is 1. The molecule has 1 aliphatic heterocycles. The summed E-state index contributed by atoms with van der Waals surface area (Å²) in [6, 6.07) is 4.62. The number of hydrogen-bond donors (Lipinski definition) is 3. The Morgan fingerprint density at radius 1 is 1.35 bits per heavy atom. The number of aromatic hydroxyl groups is 1. The van der Waals surface area contributed by atoms with Crippen molar-refractivity contribution in [3.63, 3.8) is 0 Å². The van der Waals surface area contributed by atoms with E-state index in [-0.39, 0.29) is 42.4 Å². The topological polar surface area (TPSA) is 95.7 Å². The van der Waals surface area contributed by atoms with Gasteiger partial charge in [-0.05, 0) is 35.6 Å². The summed E-state index contributed by atoms with van der Waals surface area (Å²) < 4.78 is 0. The molecule has 0 radical (unpaired) electrons. The zero-order valence-electron chi connectivity index (χ0n) is 13.4. The van der Waals surface area contributed by atoms with E-state index in [1.54, 1.807) is 17.0 Å². The second-order valence-corrected chi connectivity index (χ2v) is 6.01. The number of amides is 2. The van der Waals surface area contributed by atoms with Crippen LogP contribution in [0.5, 0.6) is 5.75 Å². The van der Waals surface area contributed by atoms with E-state index in [9.17, 15) is 14.7 Å². The second-order valence-electron chi connectivity index (χ2n) is 6.01. The molecule has 0 bridgehead atoms. The lowest BCUT2D eigenvalue weighted by Crippen LogP contribution is -2.48. The van der Waals surface area contributed by atoms with E-state index in [1.807, 2.05) is 19.9 Å². The van der Waals surface area contributed by atoms with Crippen LogP contribution in [0.25, 0.3) is 0 Å². The maximum atomic E-state index is 12.2. The molecule has 6 nitrogen and oxygen atoms in total. The number of nitrogens with zero attached hydrogens (tertiary/aromatic N) is 1. The lowest BCUT2D eigenvalue weighted by atomic mass is 9.99. The van der Waals surface area contributed by atoms with Crippen LogP contribution in [0.2, 0.25) is 0 Å². The molecule has 0 spiro atoms. The largest absolute Gasteiger partial charge is 0.508 e. The summed E-state index contributed by atoms with van der Waals surface area (Å²) in [5.41, 5.74) is 7.83. The van der Waals surface area contributed by atoms with Crippen LogP contribution in [-0.2, 0) is 22.6 Å². The Morgan fingerprint density at radius 2 is 2.04 bits per heavy atom. The third-order valence-corrected chi connectivity index (χ3v) is 3.99. The average molecular weight is 342 g/mol. The highest BCUT2D eigenvalue weighted by Gasteiger charge is 2.23. The van der Waals surface area contributed by atoms with Crippen molar-refractivity contribution in [2.45, 2.75) is 32.9 Å². The molecule has 0 fully saturated rings. The number of nitrogens with one attached hydrogen (secondary N) is 1. The number of carbonyl (C=O) groups excluding carboxylic acids is 2. The Morgan fingerprint density at radius 3 is 2.70 bits per heavy atom. The number of carbonyl (C=O) groups is 2. The normalized spacial score (nSPS) is 14.7. The molecule has 1 aliphatic rings. The van der Waals surface area contributed by atoms with E-state index in [4.69, 9.17) is 5.73 Å². The minimum atomic E-state index is -0.605. The minimum Gasteiger partial charge on any atom is -0.508 e. The zero-order valence-corrected chi connectivity index (χ0v) is 14.2. The van der Waals surface area contributed by atoms with Crippen molar-refractivity contribution < 1.29 is 14.7 Å². The molecule has 0 saturated carbocycles. The van der Waals surface area contributed by atoms with Crippen LogP contribution >= 0.6 is 12.4 Å². The SMILES string of the molecule is CC(C)[C@H](N)C(=O)NCC(=O)N1CCc2ccc(O)cc2C1.Cl. The van der Waals surface area contributed by atoms with Crippen molar-refractivity contribution in [1.29, 1.82) is 0 Å². The summed E-state index contributed by atoms with van der Waals surface area (Å²) in [6.07, 6.45) is 0.751. The molecule has 1 atom stereocenters. The van der Waals surface area contributed by atoms with Crippen molar-refractivity contribution in [2.75, 3.05) is 13.1 Å². The van der Waals surface area contributed by atoms with E-state index >= 15 is 0 Å². The summed E-state index contributed by atoms with van der Waals surface area (Å²) in [7, 11) is 0. The third-order valence-electron chi connectivity index (χ3n) is 3.99. The summed E-state index contributed by atoms with van der Waals surface area (Å²) >= 11 is 0. The predicted octanol–water partition coefficient (Wildman–Crippen LogP) is 0.798. The Bertz CT molecular complexity index is 578. The van der Waals surface area contributed by atoms with Crippen LogP contribution in [0.3, 0.4) is 0 Å². The molecule has 128 valence electrons. The maximum absolute atomic E-state index is 12.2. The molecule has 2 rings (SSSR count).